The van der Waals surface area contributed by atoms with Crippen molar-refractivity contribution in [3.8, 4) is 0 Å². The zero-order valence-electron chi connectivity index (χ0n) is 9.60. The van der Waals surface area contributed by atoms with E-state index in [-0.39, 0.29) is 5.91 Å². The molecule has 5 nitrogen and oxygen atoms in total. The molecule has 1 aliphatic heterocycles. The van der Waals surface area contributed by atoms with E-state index in [0.29, 0.717) is 17.5 Å². The molecule has 1 aromatic heterocycles. The Morgan fingerprint density at radius 3 is 2.75 bits per heavy atom. The van der Waals surface area contributed by atoms with Crippen molar-refractivity contribution in [2.24, 2.45) is 11.0 Å². The number of carbonyl (C=O) groups is 1. The van der Waals surface area contributed by atoms with Crippen molar-refractivity contribution in [2.75, 3.05) is 5.01 Å². The highest BCUT2D eigenvalue weighted by Crippen LogP contribution is 2.25. The van der Waals surface area contributed by atoms with Crippen LogP contribution in [0.25, 0.3) is 0 Å². The summed E-state index contributed by atoms with van der Waals surface area (Å²) in [5.41, 5.74) is 0.825. The predicted octanol–water partition coefficient (Wildman–Crippen LogP) is 1.85. The summed E-state index contributed by atoms with van der Waals surface area (Å²) in [5.74, 6) is 0.519. The standard InChI is InChI=1S/C10H14N4OS/c1-6(2)4-8-11-12-10(16-8)14-9(15)5-7(3)13-14/h6H,4-5H2,1-3H3. The molecule has 0 saturated heterocycles. The highest BCUT2D eigenvalue weighted by Gasteiger charge is 2.25. The number of hydrogen-bond acceptors (Lipinski definition) is 5. The number of hydrogen-bond donors (Lipinski definition) is 0. The molecule has 0 atom stereocenters. The first-order chi connectivity index (χ1) is 7.56. The molecule has 0 radical (unpaired) electrons. The SMILES string of the molecule is CC1=NN(c2nnc(CC(C)C)s2)C(=O)C1. The quantitative estimate of drug-likeness (QED) is 0.807. The first-order valence-electron chi connectivity index (χ1n) is 5.25. The van der Waals surface area contributed by atoms with Gasteiger partial charge in [-0.25, -0.2) is 0 Å². The monoisotopic (exact) mass is 238 g/mol. The fraction of sp³-hybridized carbons (Fsp3) is 0.600. The second-order valence-electron chi connectivity index (χ2n) is 4.29. The van der Waals surface area contributed by atoms with Gasteiger partial charge in [-0.15, -0.1) is 10.2 Å². The Balaban J connectivity index is 2.16. The smallest absolute Gasteiger partial charge is 0.255 e. The summed E-state index contributed by atoms with van der Waals surface area (Å²) >= 11 is 1.44. The van der Waals surface area contributed by atoms with Gasteiger partial charge in [-0.2, -0.15) is 10.1 Å². The molecule has 0 unspecified atom stereocenters. The predicted molar refractivity (Wildman–Crippen MR) is 63.7 cm³/mol. The Bertz CT molecular complexity index is 438. The summed E-state index contributed by atoms with van der Waals surface area (Å²) in [5, 5.41) is 15.1. The van der Waals surface area contributed by atoms with Crippen molar-refractivity contribution < 1.29 is 4.79 Å². The highest BCUT2D eigenvalue weighted by atomic mass is 32.1. The Kier molecular flexibility index (Phi) is 3.00. The van der Waals surface area contributed by atoms with Crippen LogP contribution in [0.1, 0.15) is 32.2 Å². The zero-order chi connectivity index (χ0) is 11.7. The van der Waals surface area contributed by atoms with Crippen molar-refractivity contribution in [1.82, 2.24) is 10.2 Å². The molecule has 6 heteroatoms. The summed E-state index contributed by atoms with van der Waals surface area (Å²) in [6.07, 6.45) is 1.28. The van der Waals surface area contributed by atoms with Crippen molar-refractivity contribution in [3.63, 3.8) is 0 Å². The maximum Gasteiger partial charge on any atom is 0.255 e. The molecule has 86 valence electrons. The molecule has 0 saturated carbocycles. The summed E-state index contributed by atoms with van der Waals surface area (Å²) in [6.45, 7) is 6.10. The summed E-state index contributed by atoms with van der Waals surface area (Å²) < 4.78 is 0. The fourth-order valence-corrected chi connectivity index (χ4v) is 2.49. The van der Waals surface area contributed by atoms with Crippen LogP contribution in [0.4, 0.5) is 5.13 Å². The number of nitrogens with zero attached hydrogens (tertiary/aromatic N) is 4. The lowest BCUT2D eigenvalue weighted by Gasteiger charge is -2.04. The van der Waals surface area contributed by atoms with Crippen LogP contribution in [-0.2, 0) is 11.2 Å². The van der Waals surface area contributed by atoms with Gasteiger partial charge in [0.1, 0.15) is 5.01 Å². The second-order valence-corrected chi connectivity index (χ2v) is 5.33. The van der Waals surface area contributed by atoms with Crippen LogP contribution >= 0.6 is 11.3 Å². The summed E-state index contributed by atoms with van der Waals surface area (Å²) in [6, 6.07) is 0. The highest BCUT2D eigenvalue weighted by molar-refractivity contribution is 7.15. The topological polar surface area (TPSA) is 58.5 Å². The van der Waals surface area contributed by atoms with Gasteiger partial charge < -0.3 is 0 Å². The number of rotatable bonds is 3. The van der Waals surface area contributed by atoms with Gasteiger partial charge >= 0.3 is 0 Å². The van der Waals surface area contributed by atoms with E-state index >= 15 is 0 Å². The van der Waals surface area contributed by atoms with Crippen LogP contribution in [0.2, 0.25) is 0 Å². The molecule has 1 aliphatic rings. The van der Waals surface area contributed by atoms with Crippen molar-refractivity contribution in [1.29, 1.82) is 0 Å². The molecule has 0 N–H and O–H groups in total. The van der Waals surface area contributed by atoms with Gasteiger partial charge in [0.25, 0.3) is 5.91 Å². The number of amides is 1. The number of carbonyl (C=O) groups excluding carboxylic acids is 1. The van der Waals surface area contributed by atoms with E-state index in [1.165, 1.54) is 16.3 Å². The van der Waals surface area contributed by atoms with E-state index in [2.05, 4.69) is 29.1 Å². The number of anilines is 1. The van der Waals surface area contributed by atoms with Gasteiger partial charge in [-0.1, -0.05) is 25.2 Å². The lowest BCUT2D eigenvalue weighted by atomic mass is 10.1. The molecule has 0 fully saturated rings. The maximum atomic E-state index is 11.6. The lowest BCUT2D eigenvalue weighted by Crippen LogP contribution is -2.19. The third-order valence-electron chi connectivity index (χ3n) is 2.13. The molecule has 16 heavy (non-hydrogen) atoms. The van der Waals surface area contributed by atoms with Gasteiger partial charge in [-0.05, 0) is 12.8 Å². The van der Waals surface area contributed by atoms with Crippen LogP contribution in [0.3, 0.4) is 0 Å². The minimum absolute atomic E-state index is 0.0234. The molecule has 2 rings (SSSR count). The van der Waals surface area contributed by atoms with E-state index in [1.807, 2.05) is 6.92 Å². The number of aromatic nitrogens is 2. The number of hydrazone groups is 1. The van der Waals surface area contributed by atoms with E-state index in [4.69, 9.17) is 0 Å². The van der Waals surface area contributed by atoms with Crippen molar-refractivity contribution in [2.45, 2.75) is 33.6 Å². The minimum Gasteiger partial charge on any atom is -0.272 e. The molecule has 0 aliphatic carbocycles. The van der Waals surface area contributed by atoms with Gasteiger partial charge in [-0.3, -0.25) is 4.79 Å². The van der Waals surface area contributed by atoms with Gasteiger partial charge in [0.05, 0.1) is 6.42 Å². The molecule has 0 bridgehead atoms. The Morgan fingerprint density at radius 1 is 1.44 bits per heavy atom. The Labute approximate surface area is 98.2 Å². The van der Waals surface area contributed by atoms with Crippen LogP contribution in [0.15, 0.2) is 5.10 Å². The van der Waals surface area contributed by atoms with Crippen LogP contribution < -0.4 is 5.01 Å². The molecule has 2 heterocycles. The second kappa shape index (κ2) is 4.29. The van der Waals surface area contributed by atoms with Crippen LogP contribution in [0.5, 0.6) is 0 Å². The van der Waals surface area contributed by atoms with Gasteiger partial charge in [0.2, 0.25) is 5.13 Å². The summed E-state index contributed by atoms with van der Waals surface area (Å²) in [4.78, 5) is 11.6. The van der Waals surface area contributed by atoms with E-state index in [9.17, 15) is 4.79 Å². The Morgan fingerprint density at radius 2 is 2.19 bits per heavy atom. The maximum absolute atomic E-state index is 11.6. The van der Waals surface area contributed by atoms with E-state index < -0.39 is 0 Å². The molecular weight excluding hydrogens is 224 g/mol. The van der Waals surface area contributed by atoms with Crippen LogP contribution in [-0.4, -0.2) is 21.8 Å². The average Bonchev–Trinajstić information content (AvgIpc) is 2.72. The third-order valence-corrected chi connectivity index (χ3v) is 3.06. The first kappa shape index (κ1) is 11.2. The van der Waals surface area contributed by atoms with Crippen molar-refractivity contribution in [3.05, 3.63) is 5.01 Å². The molecule has 0 aromatic carbocycles. The van der Waals surface area contributed by atoms with Gasteiger partial charge in [0, 0.05) is 12.1 Å². The zero-order valence-corrected chi connectivity index (χ0v) is 10.4. The largest absolute Gasteiger partial charge is 0.272 e. The molecular formula is C10H14N4OS. The summed E-state index contributed by atoms with van der Waals surface area (Å²) in [7, 11) is 0. The average molecular weight is 238 g/mol. The first-order valence-corrected chi connectivity index (χ1v) is 6.07. The lowest BCUT2D eigenvalue weighted by molar-refractivity contribution is -0.116. The Hall–Kier alpha value is -1.30. The van der Waals surface area contributed by atoms with E-state index in [1.54, 1.807) is 0 Å². The molecule has 0 spiro atoms. The van der Waals surface area contributed by atoms with E-state index in [0.717, 1.165) is 17.1 Å². The van der Waals surface area contributed by atoms with Crippen molar-refractivity contribution >= 4 is 28.1 Å². The third kappa shape index (κ3) is 2.27. The minimum atomic E-state index is -0.0234. The van der Waals surface area contributed by atoms with Gasteiger partial charge in [0.15, 0.2) is 0 Å². The normalized spacial score (nSPS) is 16.1. The van der Waals surface area contributed by atoms with Crippen LogP contribution in [0, 0.1) is 5.92 Å². The fourth-order valence-electron chi connectivity index (χ4n) is 1.47. The molecule has 1 aromatic rings. The molecule has 1 amide bonds.